The van der Waals surface area contributed by atoms with E-state index in [1.54, 1.807) is 11.6 Å². The summed E-state index contributed by atoms with van der Waals surface area (Å²) in [5.74, 6) is -1.18. The zero-order chi connectivity index (χ0) is 20.2. The fourth-order valence-electron chi connectivity index (χ4n) is 2.19. The molecule has 0 saturated carbocycles. The average Bonchev–Trinajstić information content (AvgIpc) is 2.59. The van der Waals surface area contributed by atoms with Gasteiger partial charge in [-0.25, -0.2) is 13.1 Å². The molecule has 0 bridgehead atoms. The number of hydrogen-bond acceptors (Lipinski definition) is 4. The fraction of sp³-hybridized carbons (Fsp3) is 0.167. The van der Waals surface area contributed by atoms with Crippen LogP contribution in [0, 0.1) is 6.92 Å². The molecule has 0 atom stereocenters. The quantitative estimate of drug-likeness (QED) is 0.782. The molecule has 2 aromatic carbocycles. The Labute approximate surface area is 154 Å². The summed E-state index contributed by atoms with van der Waals surface area (Å²) in [6, 6.07) is 10.8. The highest BCUT2D eigenvalue weighted by molar-refractivity contribution is 7.90. The second kappa shape index (κ2) is 7.83. The van der Waals surface area contributed by atoms with E-state index >= 15 is 0 Å². The third-order valence-electron chi connectivity index (χ3n) is 3.49. The van der Waals surface area contributed by atoms with Crippen molar-refractivity contribution in [3.63, 3.8) is 0 Å². The van der Waals surface area contributed by atoms with Crippen molar-refractivity contribution in [2.24, 2.45) is 0 Å². The van der Waals surface area contributed by atoms with Crippen LogP contribution in [-0.4, -0.2) is 27.6 Å². The molecule has 1 N–H and O–H groups in total. The fourth-order valence-corrected chi connectivity index (χ4v) is 3.15. The number of alkyl halides is 3. The van der Waals surface area contributed by atoms with Crippen molar-refractivity contribution in [3.8, 4) is 5.75 Å². The van der Waals surface area contributed by atoms with Gasteiger partial charge in [0.2, 0.25) is 0 Å². The predicted molar refractivity (Wildman–Crippen MR) is 93.5 cm³/mol. The smallest absolute Gasteiger partial charge is 0.410 e. The first kappa shape index (κ1) is 20.5. The Morgan fingerprint density at radius 2 is 1.74 bits per heavy atom. The molecule has 0 radical (unpaired) electrons. The number of aryl methyl sites for hydroxylation is 1. The first-order valence-electron chi connectivity index (χ1n) is 7.60. The minimum atomic E-state index is -4.83. The summed E-state index contributed by atoms with van der Waals surface area (Å²) < 4.78 is 69.9. The van der Waals surface area contributed by atoms with Crippen molar-refractivity contribution in [2.75, 3.05) is 7.11 Å². The molecule has 9 heteroatoms. The van der Waals surface area contributed by atoms with E-state index in [4.69, 9.17) is 4.74 Å². The van der Waals surface area contributed by atoms with Gasteiger partial charge in [0.25, 0.3) is 15.9 Å². The van der Waals surface area contributed by atoms with Gasteiger partial charge in [-0.2, -0.15) is 13.2 Å². The molecule has 1 amide bonds. The molecule has 0 saturated heterocycles. The van der Waals surface area contributed by atoms with Gasteiger partial charge < -0.3 is 4.74 Å². The summed E-state index contributed by atoms with van der Waals surface area (Å²) in [5.41, 5.74) is -0.199. The number of carbonyl (C=O) groups excluding carboxylic acids is 1. The molecule has 0 fully saturated rings. The monoisotopic (exact) mass is 399 g/mol. The van der Waals surface area contributed by atoms with Crippen molar-refractivity contribution in [2.45, 2.75) is 18.0 Å². The third-order valence-corrected chi connectivity index (χ3v) is 4.84. The summed E-state index contributed by atoms with van der Waals surface area (Å²) in [5, 5.41) is 0. The Morgan fingerprint density at radius 3 is 2.30 bits per heavy atom. The number of allylic oxidation sites excluding steroid dienone is 1. The summed E-state index contributed by atoms with van der Waals surface area (Å²) in [6.07, 6.45) is -5.08. The van der Waals surface area contributed by atoms with E-state index in [0.29, 0.717) is 0 Å². The van der Waals surface area contributed by atoms with Gasteiger partial charge in [0.15, 0.2) is 0 Å². The topological polar surface area (TPSA) is 72.5 Å². The van der Waals surface area contributed by atoms with Gasteiger partial charge in [-0.05, 0) is 36.8 Å². The molecular formula is C18H16F3NO4S. The Bertz CT molecular complexity index is 965. The molecule has 0 aliphatic heterocycles. The molecule has 5 nitrogen and oxygen atoms in total. The molecule has 0 aliphatic rings. The van der Waals surface area contributed by atoms with E-state index in [2.05, 4.69) is 0 Å². The summed E-state index contributed by atoms with van der Waals surface area (Å²) >= 11 is 0. The van der Waals surface area contributed by atoms with E-state index in [1.165, 1.54) is 55.6 Å². The maximum atomic E-state index is 12.9. The number of hydrogen-bond donors (Lipinski definition) is 1. The van der Waals surface area contributed by atoms with Gasteiger partial charge in [-0.1, -0.05) is 29.8 Å². The minimum absolute atomic E-state index is 0.136. The molecule has 27 heavy (non-hydrogen) atoms. The van der Waals surface area contributed by atoms with Crippen molar-refractivity contribution in [1.29, 1.82) is 0 Å². The minimum Gasteiger partial charge on any atom is -0.497 e. The highest BCUT2D eigenvalue weighted by Gasteiger charge is 2.29. The number of halogens is 3. The molecule has 144 valence electrons. The number of rotatable bonds is 5. The van der Waals surface area contributed by atoms with Crippen LogP contribution in [0.5, 0.6) is 5.75 Å². The Kier molecular flexibility index (Phi) is 5.94. The first-order valence-corrected chi connectivity index (χ1v) is 9.08. The van der Waals surface area contributed by atoms with Crippen molar-refractivity contribution >= 4 is 21.5 Å². The van der Waals surface area contributed by atoms with Gasteiger partial charge >= 0.3 is 6.18 Å². The summed E-state index contributed by atoms with van der Waals surface area (Å²) in [6.45, 7) is 1.74. The van der Waals surface area contributed by atoms with Crippen LogP contribution in [0.2, 0.25) is 0 Å². The SMILES string of the molecule is COc1cccc(/C(=C/C(F)(F)F)C(=O)NS(=O)(=O)c2ccc(C)cc2)c1. The van der Waals surface area contributed by atoms with Crippen LogP contribution < -0.4 is 9.46 Å². The Balaban J connectivity index is 2.42. The number of sulfonamides is 1. The van der Waals surface area contributed by atoms with Crippen molar-refractivity contribution < 1.29 is 31.1 Å². The lowest BCUT2D eigenvalue weighted by Gasteiger charge is -2.12. The molecule has 2 rings (SSSR count). The number of benzene rings is 2. The number of amides is 1. The van der Waals surface area contributed by atoms with Gasteiger partial charge in [0.1, 0.15) is 5.75 Å². The number of carbonyl (C=O) groups is 1. The van der Waals surface area contributed by atoms with E-state index < -0.39 is 27.7 Å². The van der Waals surface area contributed by atoms with E-state index in [9.17, 15) is 26.4 Å². The van der Waals surface area contributed by atoms with Crippen LogP contribution in [0.25, 0.3) is 5.57 Å². The zero-order valence-corrected chi connectivity index (χ0v) is 15.2. The van der Waals surface area contributed by atoms with Crippen molar-refractivity contribution in [1.82, 2.24) is 4.72 Å². The van der Waals surface area contributed by atoms with Crippen LogP contribution >= 0.6 is 0 Å². The molecule has 0 aromatic heterocycles. The van der Waals surface area contributed by atoms with Crippen LogP contribution in [0.15, 0.2) is 59.5 Å². The number of ether oxygens (including phenoxy) is 1. The lowest BCUT2D eigenvalue weighted by Crippen LogP contribution is -2.31. The maximum absolute atomic E-state index is 12.9. The second-order valence-electron chi connectivity index (χ2n) is 5.58. The van der Waals surface area contributed by atoms with Crippen LogP contribution in [-0.2, 0) is 14.8 Å². The lowest BCUT2D eigenvalue weighted by molar-refractivity contribution is -0.114. The Morgan fingerprint density at radius 1 is 1.11 bits per heavy atom. The molecule has 0 aliphatic carbocycles. The van der Waals surface area contributed by atoms with E-state index in [1.807, 2.05) is 0 Å². The third kappa shape index (κ3) is 5.58. The Hall–Kier alpha value is -2.81. The van der Waals surface area contributed by atoms with Crippen LogP contribution in [0.1, 0.15) is 11.1 Å². The first-order chi connectivity index (χ1) is 12.5. The normalized spacial score (nSPS) is 12.6. The summed E-state index contributed by atoms with van der Waals surface area (Å²) in [7, 11) is -3.03. The second-order valence-corrected chi connectivity index (χ2v) is 7.26. The zero-order valence-electron chi connectivity index (χ0n) is 14.4. The highest BCUT2D eigenvalue weighted by atomic mass is 32.2. The predicted octanol–water partition coefficient (Wildman–Crippen LogP) is 3.45. The summed E-state index contributed by atoms with van der Waals surface area (Å²) in [4.78, 5) is 12.1. The van der Waals surface area contributed by atoms with Crippen LogP contribution in [0.4, 0.5) is 13.2 Å². The lowest BCUT2D eigenvalue weighted by atomic mass is 10.0. The standard InChI is InChI=1S/C18H16F3NO4S/c1-12-6-8-15(9-7-12)27(24,25)22-17(23)16(11-18(19,20)21)13-4-3-5-14(10-13)26-2/h3-11H,1-2H3,(H,22,23)/b16-11-. The molecule has 0 unspecified atom stereocenters. The van der Waals surface area contributed by atoms with Crippen molar-refractivity contribution in [3.05, 3.63) is 65.7 Å². The molecular weight excluding hydrogens is 383 g/mol. The van der Waals surface area contributed by atoms with Gasteiger partial charge in [-0.3, -0.25) is 4.79 Å². The van der Waals surface area contributed by atoms with E-state index in [-0.39, 0.29) is 22.3 Å². The number of methoxy groups -OCH3 is 1. The van der Waals surface area contributed by atoms with Gasteiger partial charge in [-0.15, -0.1) is 0 Å². The van der Waals surface area contributed by atoms with Crippen LogP contribution in [0.3, 0.4) is 0 Å². The van der Waals surface area contributed by atoms with E-state index in [0.717, 1.165) is 5.56 Å². The highest BCUT2D eigenvalue weighted by Crippen LogP contribution is 2.27. The van der Waals surface area contributed by atoms with Gasteiger partial charge in [0.05, 0.1) is 17.6 Å². The maximum Gasteiger partial charge on any atom is 0.410 e. The molecule has 2 aromatic rings. The molecule has 0 spiro atoms. The average molecular weight is 399 g/mol. The van der Waals surface area contributed by atoms with Gasteiger partial charge in [0, 0.05) is 6.08 Å². The number of nitrogens with one attached hydrogen (secondary N) is 1. The molecule has 0 heterocycles. The largest absolute Gasteiger partial charge is 0.497 e.